The van der Waals surface area contributed by atoms with E-state index in [4.69, 9.17) is 17.3 Å². The van der Waals surface area contributed by atoms with Crippen LogP contribution in [-0.2, 0) is 15.1 Å². The lowest BCUT2D eigenvalue weighted by Gasteiger charge is -2.31. The van der Waals surface area contributed by atoms with Gasteiger partial charge in [0.15, 0.2) is 11.6 Å². The summed E-state index contributed by atoms with van der Waals surface area (Å²) in [5.41, 5.74) is 5.10. The Labute approximate surface area is 176 Å². The summed E-state index contributed by atoms with van der Waals surface area (Å²) in [5, 5.41) is 8.15. The third-order valence-electron chi connectivity index (χ3n) is 4.67. The molecule has 0 bridgehead atoms. The van der Waals surface area contributed by atoms with Crippen LogP contribution in [0.5, 0.6) is 0 Å². The largest absolute Gasteiger partial charge is 0.367 e. The fourth-order valence-corrected chi connectivity index (χ4v) is 3.41. The number of aliphatic imine (C=N–C) groups is 1. The van der Waals surface area contributed by atoms with Crippen molar-refractivity contribution in [3.63, 3.8) is 0 Å². The average molecular weight is 432 g/mol. The molecule has 3 amide bonds. The molecule has 3 rings (SSSR count). The van der Waals surface area contributed by atoms with E-state index < -0.39 is 36.0 Å². The predicted molar refractivity (Wildman–Crippen MR) is 111 cm³/mol. The number of nitrogens with two attached hydrogens (primary N) is 1. The van der Waals surface area contributed by atoms with E-state index >= 15 is 0 Å². The number of nitrogens with zero attached hydrogens (tertiary/aromatic N) is 1. The van der Waals surface area contributed by atoms with Crippen molar-refractivity contribution in [1.29, 1.82) is 0 Å². The van der Waals surface area contributed by atoms with E-state index in [1.165, 1.54) is 6.34 Å². The minimum Gasteiger partial charge on any atom is -0.367 e. The fourth-order valence-electron chi connectivity index (χ4n) is 3.19. The van der Waals surface area contributed by atoms with Gasteiger partial charge in [-0.15, -0.1) is 0 Å². The molecule has 1 aliphatic rings. The molecular formula is C20H19ClFN5O3. The second kappa shape index (κ2) is 8.91. The molecule has 0 aliphatic carbocycles. The van der Waals surface area contributed by atoms with Crippen LogP contribution in [0.1, 0.15) is 15.9 Å². The van der Waals surface area contributed by atoms with Gasteiger partial charge in [0.05, 0.1) is 16.9 Å². The number of carbonyl (C=O) groups is 3. The number of anilines is 1. The number of primary amides is 1. The number of benzene rings is 2. The number of hydrogen-bond acceptors (Lipinski definition) is 5. The second-order valence-electron chi connectivity index (χ2n) is 6.49. The molecular weight excluding hydrogens is 413 g/mol. The number of alkyl halides is 1. The van der Waals surface area contributed by atoms with Crippen molar-refractivity contribution >= 4 is 41.3 Å². The zero-order valence-corrected chi connectivity index (χ0v) is 16.4. The van der Waals surface area contributed by atoms with Gasteiger partial charge in [-0.2, -0.15) is 0 Å². The SMILES string of the molecule is NC(=O)C1(c2ccc(NC(=O)c3ccccc3Cl)cc2)NC=NC1C(=O)NCCF. The molecule has 2 atom stereocenters. The van der Waals surface area contributed by atoms with Gasteiger partial charge < -0.3 is 21.7 Å². The summed E-state index contributed by atoms with van der Waals surface area (Å²) >= 11 is 6.04. The Morgan fingerprint density at radius 2 is 1.87 bits per heavy atom. The van der Waals surface area contributed by atoms with Gasteiger partial charge in [-0.3, -0.25) is 19.4 Å². The number of rotatable bonds is 7. The molecule has 1 aliphatic heterocycles. The maximum absolute atomic E-state index is 12.4. The molecule has 1 heterocycles. The van der Waals surface area contributed by atoms with Crippen LogP contribution >= 0.6 is 11.6 Å². The lowest BCUT2D eigenvalue weighted by atomic mass is 9.82. The van der Waals surface area contributed by atoms with Gasteiger partial charge in [0.1, 0.15) is 6.67 Å². The first-order valence-electron chi connectivity index (χ1n) is 8.99. The normalized spacial score (nSPS) is 19.7. The summed E-state index contributed by atoms with van der Waals surface area (Å²) in [6.45, 7) is -0.953. The minimum absolute atomic E-state index is 0.202. The highest BCUT2D eigenvalue weighted by Gasteiger charge is 2.52. The predicted octanol–water partition coefficient (Wildman–Crippen LogP) is 1.36. The molecule has 10 heteroatoms. The van der Waals surface area contributed by atoms with Crippen molar-refractivity contribution < 1.29 is 18.8 Å². The van der Waals surface area contributed by atoms with E-state index in [0.717, 1.165) is 0 Å². The van der Waals surface area contributed by atoms with Crippen LogP contribution in [0, 0.1) is 0 Å². The zero-order valence-electron chi connectivity index (χ0n) is 15.7. The molecule has 0 saturated carbocycles. The van der Waals surface area contributed by atoms with Crippen molar-refractivity contribution in [2.24, 2.45) is 10.7 Å². The summed E-state index contributed by atoms with van der Waals surface area (Å²) in [6, 6.07) is 11.6. The number of amides is 3. The Morgan fingerprint density at radius 1 is 1.17 bits per heavy atom. The van der Waals surface area contributed by atoms with Crippen molar-refractivity contribution in [2.45, 2.75) is 11.6 Å². The van der Waals surface area contributed by atoms with Crippen LogP contribution in [0.2, 0.25) is 5.02 Å². The summed E-state index contributed by atoms with van der Waals surface area (Å²) in [5.74, 6) is -1.86. The molecule has 0 saturated heterocycles. The van der Waals surface area contributed by atoms with Crippen LogP contribution < -0.4 is 21.7 Å². The molecule has 0 radical (unpaired) electrons. The van der Waals surface area contributed by atoms with Crippen molar-refractivity contribution in [3.8, 4) is 0 Å². The van der Waals surface area contributed by atoms with E-state index in [0.29, 0.717) is 21.8 Å². The molecule has 0 spiro atoms. The molecule has 2 aromatic rings. The molecule has 5 N–H and O–H groups in total. The molecule has 8 nitrogen and oxygen atoms in total. The Morgan fingerprint density at radius 3 is 2.50 bits per heavy atom. The Kier molecular flexibility index (Phi) is 6.31. The zero-order chi connectivity index (χ0) is 21.7. The first-order valence-corrected chi connectivity index (χ1v) is 9.37. The van der Waals surface area contributed by atoms with E-state index in [1.54, 1.807) is 48.5 Å². The van der Waals surface area contributed by atoms with Gasteiger partial charge in [-0.25, -0.2) is 4.39 Å². The topological polar surface area (TPSA) is 126 Å². The van der Waals surface area contributed by atoms with E-state index in [1.807, 2.05) is 0 Å². The minimum atomic E-state index is -1.63. The lowest BCUT2D eigenvalue weighted by molar-refractivity contribution is -0.131. The molecule has 0 aromatic heterocycles. The van der Waals surface area contributed by atoms with Gasteiger partial charge in [0.2, 0.25) is 5.91 Å². The van der Waals surface area contributed by atoms with E-state index in [-0.39, 0.29) is 6.54 Å². The highest BCUT2D eigenvalue weighted by atomic mass is 35.5. The first-order chi connectivity index (χ1) is 14.4. The van der Waals surface area contributed by atoms with Crippen LogP contribution in [0.25, 0.3) is 0 Å². The van der Waals surface area contributed by atoms with Gasteiger partial charge in [0, 0.05) is 12.2 Å². The van der Waals surface area contributed by atoms with Gasteiger partial charge in [0.25, 0.3) is 11.8 Å². The van der Waals surface area contributed by atoms with Crippen LogP contribution in [0.4, 0.5) is 10.1 Å². The average Bonchev–Trinajstić information content (AvgIpc) is 3.19. The Balaban J connectivity index is 1.84. The molecule has 0 fully saturated rings. The monoisotopic (exact) mass is 431 g/mol. The highest BCUT2D eigenvalue weighted by Crippen LogP contribution is 2.31. The van der Waals surface area contributed by atoms with Crippen LogP contribution in [-0.4, -0.2) is 43.3 Å². The molecule has 30 heavy (non-hydrogen) atoms. The quantitative estimate of drug-likeness (QED) is 0.528. The van der Waals surface area contributed by atoms with Gasteiger partial charge >= 0.3 is 0 Å². The third kappa shape index (κ3) is 3.97. The Hall–Kier alpha value is -3.46. The number of hydrogen-bond donors (Lipinski definition) is 4. The maximum Gasteiger partial charge on any atom is 0.257 e. The molecule has 156 valence electrons. The summed E-state index contributed by atoms with van der Waals surface area (Å²) in [4.78, 5) is 41.1. The summed E-state index contributed by atoms with van der Waals surface area (Å²) in [6.07, 6.45) is 1.22. The van der Waals surface area contributed by atoms with E-state index in [2.05, 4.69) is 20.9 Å². The fraction of sp³-hybridized carbons (Fsp3) is 0.200. The lowest BCUT2D eigenvalue weighted by Crippen LogP contribution is -2.60. The summed E-state index contributed by atoms with van der Waals surface area (Å²) < 4.78 is 12.4. The Bertz CT molecular complexity index is 998. The number of nitrogens with one attached hydrogen (secondary N) is 3. The van der Waals surface area contributed by atoms with Gasteiger partial charge in [-0.05, 0) is 29.8 Å². The summed E-state index contributed by atoms with van der Waals surface area (Å²) in [7, 11) is 0. The standard InChI is InChI=1S/C20H19ClFN5O3/c21-15-4-2-1-3-14(15)17(28)27-13-7-5-12(6-8-13)20(19(23)30)16(25-11-26-20)18(29)24-10-9-22/h1-8,11,16H,9-10H2,(H2,23,30)(H,24,29)(H,25,26)(H,27,28). The molecule has 2 aromatic carbocycles. The highest BCUT2D eigenvalue weighted by molar-refractivity contribution is 6.34. The van der Waals surface area contributed by atoms with Crippen LogP contribution in [0.15, 0.2) is 53.5 Å². The van der Waals surface area contributed by atoms with Crippen LogP contribution in [0.3, 0.4) is 0 Å². The smallest absolute Gasteiger partial charge is 0.257 e. The maximum atomic E-state index is 12.4. The second-order valence-corrected chi connectivity index (χ2v) is 6.90. The van der Waals surface area contributed by atoms with Crippen molar-refractivity contribution in [3.05, 3.63) is 64.7 Å². The number of halogens is 2. The number of carbonyl (C=O) groups excluding carboxylic acids is 3. The van der Waals surface area contributed by atoms with Crippen molar-refractivity contribution in [2.75, 3.05) is 18.5 Å². The van der Waals surface area contributed by atoms with E-state index in [9.17, 15) is 18.8 Å². The van der Waals surface area contributed by atoms with Crippen molar-refractivity contribution in [1.82, 2.24) is 10.6 Å². The third-order valence-corrected chi connectivity index (χ3v) is 5.00. The van der Waals surface area contributed by atoms with Gasteiger partial charge in [-0.1, -0.05) is 35.9 Å². The molecule has 2 unspecified atom stereocenters. The first kappa shape index (κ1) is 21.3.